The van der Waals surface area contributed by atoms with E-state index in [-0.39, 0.29) is 0 Å². The van der Waals surface area contributed by atoms with E-state index in [0.717, 1.165) is 89.2 Å². The number of rotatable bonds is 5. The van der Waals surface area contributed by atoms with Gasteiger partial charge in [0.05, 0.1) is 27.8 Å². The number of para-hydroxylation sites is 3. The highest BCUT2D eigenvalue weighted by Gasteiger charge is 2.22. The second-order valence-electron chi connectivity index (χ2n) is 14.3. The van der Waals surface area contributed by atoms with Gasteiger partial charge in [0.15, 0.2) is 17.2 Å². The predicted molar refractivity (Wildman–Crippen MR) is 228 cm³/mol. The van der Waals surface area contributed by atoms with Gasteiger partial charge in [-0.2, -0.15) is 0 Å². The van der Waals surface area contributed by atoms with E-state index >= 15 is 0 Å². The van der Waals surface area contributed by atoms with Crippen LogP contribution in [-0.2, 0) is 0 Å². The molecule has 0 aliphatic carbocycles. The fourth-order valence-electron chi connectivity index (χ4n) is 8.73. The minimum Gasteiger partial charge on any atom is -0.454 e. The molecule has 56 heavy (non-hydrogen) atoms. The van der Waals surface area contributed by atoms with Gasteiger partial charge < -0.3 is 13.6 Å². The van der Waals surface area contributed by atoms with E-state index in [2.05, 4.69) is 159 Å². The molecule has 0 radical (unpaired) electrons. The largest absolute Gasteiger partial charge is 0.454 e. The van der Waals surface area contributed by atoms with E-state index in [0.29, 0.717) is 0 Å². The van der Waals surface area contributed by atoms with Crippen LogP contribution in [0.2, 0.25) is 0 Å². The van der Waals surface area contributed by atoms with Gasteiger partial charge in [0.2, 0.25) is 0 Å². The highest BCUT2D eigenvalue weighted by atomic mass is 16.3. The van der Waals surface area contributed by atoms with Crippen LogP contribution in [0.4, 0.5) is 0 Å². The lowest BCUT2D eigenvalue weighted by molar-refractivity contribution is 0.671. The number of fused-ring (bicyclic) bond motifs is 10. The van der Waals surface area contributed by atoms with Crippen LogP contribution in [0.3, 0.4) is 0 Å². The van der Waals surface area contributed by atoms with E-state index in [1.807, 2.05) is 42.5 Å². The lowest BCUT2D eigenvalue weighted by atomic mass is 10.1. The molecule has 0 fully saturated rings. The number of nitrogens with zero attached hydrogens (tertiary/aromatic N) is 5. The van der Waals surface area contributed by atoms with Crippen LogP contribution in [-0.4, -0.2) is 23.9 Å². The Labute approximate surface area is 320 Å². The Morgan fingerprint density at radius 3 is 1.59 bits per heavy atom. The van der Waals surface area contributed by atoms with E-state index < -0.39 is 0 Å². The van der Waals surface area contributed by atoms with Gasteiger partial charge in [0.1, 0.15) is 5.58 Å². The molecule has 6 nitrogen and oxygen atoms in total. The van der Waals surface area contributed by atoms with Crippen LogP contribution in [0.15, 0.2) is 192 Å². The van der Waals surface area contributed by atoms with E-state index in [4.69, 9.17) is 14.6 Å². The van der Waals surface area contributed by atoms with Gasteiger partial charge in [-0.1, -0.05) is 127 Å². The summed E-state index contributed by atoms with van der Waals surface area (Å²) in [4.78, 5) is 0. The predicted octanol–water partition coefficient (Wildman–Crippen LogP) is 12.7. The second kappa shape index (κ2) is 11.9. The van der Waals surface area contributed by atoms with Crippen LogP contribution in [0.25, 0.3) is 105 Å². The molecular formula is C50H31N5O. The average Bonchev–Trinajstić information content (AvgIpc) is 4.04. The number of hydrogen-bond acceptors (Lipinski definition) is 3. The molecule has 0 amide bonds. The standard InChI is InChI=1S/C50H31N5O/c1-3-14-32(15-4-1)49-51-52-50(33-16-5-2-6-17-33)55(49)36-26-29-45-42(31-36)38-21-8-10-23-43(38)53(45)34-18-13-19-35(30-34)54-44-24-11-7-20-37(44)40-27-28-41-39-22-9-12-25-46(39)56-48(41)47(40)54/h1-31H. The molecule has 262 valence electrons. The first-order valence-electron chi connectivity index (χ1n) is 18.8. The van der Waals surface area contributed by atoms with Gasteiger partial charge in [-0.15, -0.1) is 10.2 Å². The fourth-order valence-corrected chi connectivity index (χ4v) is 8.73. The number of hydrogen-bond donors (Lipinski definition) is 0. The molecule has 0 aliphatic heterocycles. The number of furan rings is 1. The molecule has 4 aromatic heterocycles. The molecule has 12 rings (SSSR count). The molecule has 0 spiro atoms. The summed E-state index contributed by atoms with van der Waals surface area (Å²) in [5.74, 6) is 1.59. The normalized spacial score (nSPS) is 11.9. The zero-order valence-electron chi connectivity index (χ0n) is 30.0. The highest BCUT2D eigenvalue weighted by molar-refractivity contribution is 6.21. The molecule has 0 saturated heterocycles. The van der Waals surface area contributed by atoms with Crippen LogP contribution in [0.1, 0.15) is 0 Å². The quantitative estimate of drug-likeness (QED) is 0.178. The van der Waals surface area contributed by atoms with Crippen molar-refractivity contribution < 1.29 is 4.42 Å². The Bertz CT molecular complexity index is 3420. The van der Waals surface area contributed by atoms with Crippen molar-refractivity contribution in [3.8, 4) is 39.8 Å². The fraction of sp³-hybridized carbons (Fsp3) is 0. The molecule has 0 saturated carbocycles. The van der Waals surface area contributed by atoms with Gasteiger partial charge in [-0.25, -0.2) is 0 Å². The van der Waals surface area contributed by atoms with Crippen molar-refractivity contribution >= 4 is 65.6 Å². The molecule has 0 aliphatic rings. The van der Waals surface area contributed by atoms with Crippen LogP contribution in [0, 0.1) is 0 Å². The molecule has 12 aromatic rings. The molecule has 0 N–H and O–H groups in total. The Kier molecular flexibility index (Phi) is 6.53. The van der Waals surface area contributed by atoms with Gasteiger partial charge in [0, 0.05) is 54.8 Å². The second-order valence-corrected chi connectivity index (χ2v) is 14.3. The zero-order chi connectivity index (χ0) is 36.7. The van der Waals surface area contributed by atoms with Gasteiger partial charge in [0.25, 0.3) is 0 Å². The summed E-state index contributed by atoms with van der Waals surface area (Å²) >= 11 is 0. The minimum absolute atomic E-state index is 0.796. The molecule has 0 bridgehead atoms. The lowest BCUT2D eigenvalue weighted by Gasteiger charge is -2.14. The topological polar surface area (TPSA) is 53.7 Å². The maximum atomic E-state index is 6.65. The molecule has 0 unspecified atom stereocenters. The summed E-state index contributed by atoms with van der Waals surface area (Å²) in [6.45, 7) is 0. The Morgan fingerprint density at radius 2 is 0.875 bits per heavy atom. The molecular weight excluding hydrogens is 687 g/mol. The minimum atomic E-state index is 0.796. The van der Waals surface area contributed by atoms with E-state index in [1.54, 1.807) is 0 Å². The van der Waals surface area contributed by atoms with E-state index in [1.165, 1.54) is 16.2 Å². The van der Waals surface area contributed by atoms with Gasteiger partial charge >= 0.3 is 0 Å². The third-order valence-electron chi connectivity index (χ3n) is 11.2. The van der Waals surface area contributed by atoms with Crippen LogP contribution in [0.5, 0.6) is 0 Å². The van der Waals surface area contributed by atoms with Gasteiger partial charge in [-0.05, 0) is 60.7 Å². The van der Waals surface area contributed by atoms with Crippen molar-refractivity contribution in [2.75, 3.05) is 0 Å². The molecule has 8 aromatic carbocycles. The molecule has 0 atom stereocenters. The monoisotopic (exact) mass is 717 g/mol. The van der Waals surface area contributed by atoms with Crippen molar-refractivity contribution in [2.24, 2.45) is 0 Å². The van der Waals surface area contributed by atoms with Crippen molar-refractivity contribution in [1.82, 2.24) is 23.9 Å². The van der Waals surface area contributed by atoms with Crippen molar-refractivity contribution in [3.63, 3.8) is 0 Å². The van der Waals surface area contributed by atoms with Crippen LogP contribution < -0.4 is 0 Å². The van der Waals surface area contributed by atoms with Gasteiger partial charge in [-0.3, -0.25) is 4.57 Å². The Hall–Kier alpha value is -7.70. The number of aromatic nitrogens is 5. The molecule has 4 heterocycles. The highest BCUT2D eigenvalue weighted by Crippen LogP contribution is 2.41. The third kappa shape index (κ3) is 4.44. The first kappa shape index (κ1) is 30.7. The van der Waals surface area contributed by atoms with E-state index in [9.17, 15) is 0 Å². The Balaban J connectivity index is 1.09. The van der Waals surface area contributed by atoms with Crippen molar-refractivity contribution in [3.05, 3.63) is 188 Å². The third-order valence-corrected chi connectivity index (χ3v) is 11.2. The maximum Gasteiger partial charge on any atom is 0.168 e. The van der Waals surface area contributed by atoms with Crippen LogP contribution >= 0.6 is 0 Å². The smallest absolute Gasteiger partial charge is 0.168 e. The first-order chi connectivity index (χ1) is 27.8. The summed E-state index contributed by atoms with van der Waals surface area (Å²) < 4.78 is 13.6. The Morgan fingerprint density at radius 1 is 0.339 bits per heavy atom. The summed E-state index contributed by atoms with van der Waals surface area (Å²) in [6.07, 6.45) is 0. The summed E-state index contributed by atoms with van der Waals surface area (Å²) in [5, 5.41) is 16.4. The maximum absolute atomic E-state index is 6.65. The molecule has 6 heteroatoms. The first-order valence-corrected chi connectivity index (χ1v) is 18.8. The average molecular weight is 718 g/mol. The SMILES string of the molecule is c1ccc(-c2nnc(-c3ccccc3)n2-c2ccc3c(c2)c2ccccc2n3-c2cccc(-n3c4ccccc4c4ccc5c6ccccc6oc5c43)c2)cc1. The zero-order valence-corrected chi connectivity index (χ0v) is 30.0. The summed E-state index contributed by atoms with van der Waals surface area (Å²) in [7, 11) is 0. The van der Waals surface area contributed by atoms with Crippen molar-refractivity contribution in [1.29, 1.82) is 0 Å². The van der Waals surface area contributed by atoms with Crippen molar-refractivity contribution in [2.45, 2.75) is 0 Å². The summed E-state index contributed by atoms with van der Waals surface area (Å²) in [6, 6.07) is 66.2. The summed E-state index contributed by atoms with van der Waals surface area (Å²) in [5.41, 5.74) is 11.4. The lowest BCUT2D eigenvalue weighted by Crippen LogP contribution is -2.01. The number of benzene rings is 8.